The van der Waals surface area contributed by atoms with Gasteiger partial charge in [0.25, 0.3) is 0 Å². The van der Waals surface area contributed by atoms with Gasteiger partial charge in [0.2, 0.25) is 0 Å². The molecular weight excluding hydrogens is 194 g/mol. The van der Waals surface area contributed by atoms with E-state index in [2.05, 4.69) is 0 Å². The number of rotatable bonds is 4. The Morgan fingerprint density at radius 2 is 2.33 bits per heavy atom. The fourth-order valence-electron chi connectivity index (χ4n) is 2.17. The van der Waals surface area contributed by atoms with Crippen molar-refractivity contribution in [3.63, 3.8) is 0 Å². The molecule has 88 valence electrons. The van der Waals surface area contributed by atoms with Gasteiger partial charge >= 0.3 is 5.97 Å². The molecule has 2 unspecified atom stereocenters. The number of nitrogens with two attached hydrogens (primary N) is 1. The summed E-state index contributed by atoms with van der Waals surface area (Å²) in [5, 5.41) is 0. The fourth-order valence-corrected chi connectivity index (χ4v) is 2.17. The Labute approximate surface area is 91.1 Å². The van der Waals surface area contributed by atoms with E-state index < -0.39 is 0 Å². The van der Waals surface area contributed by atoms with Crippen LogP contribution in [0.1, 0.15) is 26.7 Å². The van der Waals surface area contributed by atoms with Gasteiger partial charge in [-0.1, -0.05) is 0 Å². The summed E-state index contributed by atoms with van der Waals surface area (Å²) in [6, 6.07) is 0. The Kier molecular flexibility index (Phi) is 4.11. The summed E-state index contributed by atoms with van der Waals surface area (Å²) >= 11 is 0. The van der Waals surface area contributed by atoms with Crippen LogP contribution in [-0.4, -0.2) is 31.8 Å². The molecule has 1 rings (SSSR count). The number of hydrogen-bond donors (Lipinski definition) is 1. The minimum atomic E-state index is -0.368. The summed E-state index contributed by atoms with van der Waals surface area (Å²) in [5.74, 6) is 0.321. The van der Waals surface area contributed by atoms with Crippen molar-refractivity contribution >= 4 is 5.97 Å². The third-order valence-electron chi connectivity index (χ3n) is 3.10. The molecule has 1 fully saturated rings. The second kappa shape index (κ2) is 4.94. The average molecular weight is 215 g/mol. The molecule has 15 heavy (non-hydrogen) atoms. The maximum absolute atomic E-state index is 11.3. The van der Waals surface area contributed by atoms with Crippen molar-refractivity contribution in [2.45, 2.75) is 32.2 Å². The lowest BCUT2D eigenvalue weighted by molar-refractivity contribution is -0.142. The summed E-state index contributed by atoms with van der Waals surface area (Å²) in [5.41, 5.74) is 5.73. The molecule has 0 aromatic heterocycles. The summed E-state index contributed by atoms with van der Waals surface area (Å²) < 4.78 is 10.0. The number of carbonyl (C=O) groups excluding carboxylic acids is 1. The third kappa shape index (κ3) is 3.47. The van der Waals surface area contributed by atoms with Crippen LogP contribution in [0.25, 0.3) is 0 Å². The first-order valence-electron chi connectivity index (χ1n) is 5.38. The van der Waals surface area contributed by atoms with E-state index in [1.165, 1.54) is 7.11 Å². The van der Waals surface area contributed by atoms with Crippen molar-refractivity contribution < 1.29 is 14.3 Å². The molecule has 1 aliphatic rings. The lowest BCUT2D eigenvalue weighted by Crippen LogP contribution is -2.46. The first-order chi connectivity index (χ1) is 6.95. The number of methoxy groups -OCH3 is 1. The predicted molar refractivity (Wildman–Crippen MR) is 57.3 cm³/mol. The van der Waals surface area contributed by atoms with Crippen molar-refractivity contribution in [3.05, 3.63) is 0 Å². The van der Waals surface area contributed by atoms with Crippen LogP contribution in [-0.2, 0) is 14.3 Å². The SMILES string of the molecule is COC(=O)CC(C1CCOC1)C(C)(C)N. The Bertz CT molecular complexity index is 216. The first kappa shape index (κ1) is 12.5. The van der Waals surface area contributed by atoms with Crippen LogP contribution >= 0.6 is 0 Å². The highest BCUT2D eigenvalue weighted by molar-refractivity contribution is 5.69. The van der Waals surface area contributed by atoms with Crippen LogP contribution < -0.4 is 5.73 Å². The molecule has 0 aromatic rings. The van der Waals surface area contributed by atoms with Gasteiger partial charge in [-0.15, -0.1) is 0 Å². The normalized spacial score (nSPS) is 23.9. The van der Waals surface area contributed by atoms with Crippen molar-refractivity contribution in [2.75, 3.05) is 20.3 Å². The molecule has 0 amide bonds. The van der Waals surface area contributed by atoms with Gasteiger partial charge in [0, 0.05) is 18.8 Å². The highest BCUT2D eigenvalue weighted by Gasteiger charge is 2.36. The zero-order valence-corrected chi connectivity index (χ0v) is 9.79. The molecule has 0 aromatic carbocycles. The van der Waals surface area contributed by atoms with Gasteiger partial charge in [0.05, 0.1) is 13.5 Å². The molecule has 0 saturated carbocycles. The van der Waals surface area contributed by atoms with Gasteiger partial charge in [0.15, 0.2) is 0 Å². The molecule has 0 spiro atoms. The van der Waals surface area contributed by atoms with Crippen LogP contribution in [0.2, 0.25) is 0 Å². The second-order valence-corrected chi connectivity index (χ2v) is 4.83. The van der Waals surface area contributed by atoms with Gasteiger partial charge < -0.3 is 15.2 Å². The summed E-state index contributed by atoms with van der Waals surface area (Å²) in [6.07, 6.45) is 1.37. The second-order valence-electron chi connectivity index (χ2n) is 4.83. The molecular formula is C11H21NO3. The topological polar surface area (TPSA) is 61.5 Å². The van der Waals surface area contributed by atoms with Crippen LogP contribution in [0, 0.1) is 11.8 Å². The minimum Gasteiger partial charge on any atom is -0.469 e. The Hall–Kier alpha value is -0.610. The molecule has 2 N–H and O–H groups in total. The lowest BCUT2D eigenvalue weighted by atomic mass is 9.76. The quantitative estimate of drug-likeness (QED) is 0.709. The van der Waals surface area contributed by atoms with Crippen LogP contribution in [0.15, 0.2) is 0 Å². The third-order valence-corrected chi connectivity index (χ3v) is 3.10. The molecule has 4 nitrogen and oxygen atoms in total. The van der Waals surface area contributed by atoms with Gasteiger partial charge in [-0.25, -0.2) is 0 Å². The maximum Gasteiger partial charge on any atom is 0.305 e. The number of ether oxygens (including phenoxy) is 2. The Balaban J connectivity index is 2.64. The average Bonchev–Trinajstić information content (AvgIpc) is 2.64. The maximum atomic E-state index is 11.3. The van der Waals surface area contributed by atoms with Crippen LogP contribution in [0.5, 0.6) is 0 Å². The summed E-state index contributed by atoms with van der Waals surface area (Å²) in [6.45, 7) is 5.40. The number of esters is 1. The monoisotopic (exact) mass is 215 g/mol. The Morgan fingerprint density at radius 1 is 1.67 bits per heavy atom. The molecule has 2 atom stereocenters. The minimum absolute atomic E-state index is 0.132. The molecule has 1 heterocycles. The van der Waals surface area contributed by atoms with E-state index in [0.717, 1.165) is 13.0 Å². The Morgan fingerprint density at radius 3 is 2.73 bits per heavy atom. The van der Waals surface area contributed by atoms with E-state index in [1.807, 2.05) is 13.8 Å². The van der Waals surface area contributed by atoms with E-state index in [1.54, 1.807) is 0 Å². The van der Waals surface area contributed by atoms with E-state index in [4.69, 9.17) is 15.2 Å². The van der Waals surface area contributed by atoms with Crippen LogP contribution in [0.3, 0.4) is 0 Å². The molecule has 0 aliphatic carbocycles. The zero-order chi connectivity index (χ0) is 11.5. The predicted octanol–water partition coefficient (Wildman–Crippen LogP) is 0.939. The van der Waals surface area contributed by atoms with Crippen molar-refractivity contribution in [2.24, 2.45) is 17.6 Å². The van der Waals surface area contributed by atoms with Gasteiger partial charge in [0.1, 0.15) is 0 Å². The molecule has 0 bridgehead atoms. The van der Waals surface area contributed by atoms with Gasteiger partial charge in [-0.3, -0.25) is 4.79 Å². The summed E-state index contributed by atoms with van der Waals surface area (Å²) in [7, 11) is 1.41. The highest BCUT2D eigenvalue weighted by atomic mass is 16.5. The standard InChI is InChI=1S/C11H21NO3/c1-11(2,12)9(6-10(13)14-3)8-4-5-15-7-8/h8-9H,4-7,12H2,1-3H3. The van der Waals surface area contributed by atoms with Gasteiger partial charge in [-0.2, -0.15) is 0 Å². The smallest absolute Gasteiger partial charge is 0.305 e. The van der Waals surface area contributed by atoms with Crippen molar-refractivity contribution in [3.8, 4) is 0 Å². The van der Waals surface area contributed by atoms with E-state index in [-0.39, 0.29) is 17.4 Å². The highest BCUT2D eigenvalue weighted by Crippen LogP contribution is 2.32. The van der Waals surface area contributed by atoms with E-state index >= 15 is 0 Å². The lowest BCUT2D eigenvalue weighted by Gasteiger charge is -2.33. The molecule has 0 radical (unpaired) electrons. The zero-order valence-electron chi connectivity index (χ0n) is 9.79. The molecule has 4 heteroatoms. The van der Waals surface area contributed by atoms with Crippen LogP contribution in [0.4, 0.5) is 0 Å². The van der Waals surface area contributed by atoms with Gasteiger partial charge in [-0.05, 0) is 32.1 Å². The first-order valence-corrected chi connectivity index (χ1v) is 5.38. The summed E-state index contributed by atoms with van der Waals surface area (Å²) in [4.78, 5) is 11.3. The largest absolute Gasteiger partial charge is 0.469 e. The fraction of sp³-hybridized carbons (Fsp3) is 0.909. The van der Waals surface area contributed by atoms with E-state index in [0.29, 0.717) is 18.9 Å². The van der Waals surface area contributed by atoms with Crippen molar-refractivity contribution in [1.29, 1.82) is 0 Å². The number of carbonyl (C=O) groups is 1. The molecule has 1 aliphatic heterocycles. The van der Waals surface area contributed by atoms with Crippen molar-refractivity contribution in [1.82, 2.24) is 0 Å². The van der Waals surface area contributed by atoms with E-state index in [9.17, 15) is 4.79 Å². The molecule has 1 saturated heterocycles. The number of hydrogen-bond acceptors (Lipinski definition) is 4.